The largest absolute Gasteiger partial charge is 0.508 e. The van der Waals surface area contributed by atoms with Crippen LogP contribution in [0, 0.1) is 6.92 Å². The van der Waals surface area contributed by atoms with Crippen molar-refractivity contribution in [1.82, 2.24) is 0 Å². The summed E-state index contributed by atoms with van der Waals surface area (Å²) < 4.78 is 12.9. The zero-order valence-corrected chi connectivity index (χ0v) is 6.79. The lowest BCUT2D eigenvalue weighted by atomic mass is 10.0. The van der Waals surface area contributed by atoms with Crippen LogP contribution in [0.15, 0.2) is 18.2 Å². The Morgan fingerprint density at radius 3 is 2.67 bits per heavy atom. The molecule has 1 atom stereocenters. The first-order valence-corrected chi connectivity index (χ1v) is 3.69. The Hall–Kier alpha value is -1.09. The molecule has 1 rings (SSSR count). The van der Waals surface area contributed by atoms with Gasteiger partial charge in [-0.25, -0.2) is 4.39 Å². The minimum atomic E-state index is -1.36. The summed E-state index contributed by atoms with van der Waals surface area (Å²) in [6.07, 6.45) is -1.36. The maximum Gasteiger partial charge on any atom is 0.148 e. The van der Waals surface area contributed by atoms with Gasteiger partial charge in [0.2, 0.25) is 0 Å². The van der Waals surface area contributed by atoms with Gasteiger partial charge in [0.25, 0.3) is 0 Å². The van der Waals surface area contributed by atoms with E-state index >= 15 is 0 Å². The lowest BCUT2D eigenvalue weighted by Gasteiger charge is -2.08. The van der Waals surface area contributed by atoms with E-state index in [1.807, 2.05) is 0 Å². The molecule has 0 amide bonds. The molecule has 1 unspecified atom stereocenters. The van der Waals surface area contributed by atoms with Crippen LogP contribution in [-0.4, -0.2) is 16.8 Å². The fraction of sp³-hybridized carbons (Fsp3) is 0.333. The van der Waals surface area contributed by atoms with Crippen molar-refractivity contribution in [2.45, 2.75) is 13.1 Å². The highest BCUT2D eigenvalue weighted by atomic mass is 19.1. The van der Waals surface area contributed by atoms with Gasteiger partial charge < -0.3 is 10.2 Å². The quantitative estimate of drug-likeness (QED) is 0.709. The normalized spacial score (nSPS) is 12.9. The van der Waals surface area contributed by atoms with Gasteiger partial charge >= 0.3 is 0 Å². The van der Waals surface area contributed by atoms with Crippen molar-refractivity contribution in [1.29, 1.82) is 0 Å². The predicted molar refractivity (Wildman–Crippen MR) is 43.8 cm³/mol. The maximum absolute atomic E-state index is 12.9. The zero-order valence-electron chi connectivity index (χ0n) is 6.79. The first kappa shape index (κ1) is 9.00. The van der Waals surface area contributed by atoms with Gasteiger partial charge in [0.05, 0.1) is 6.61 Å². The monoisotopic (exact) mass is 170 g/mol. The molecule has 0 aliphatic heterocycles. The molecule has 0 spiro atoms. The highest BCUT2D eigenvalue weighted by Gasteiger charge is 2.10. The van der Waals surface area contributed by atoms with Crippen LogP contribution < -0.4 is 0 Å². The number of phenols is 1. The minimum absolute atomic E-state index is 0.112. The Morgan fingerprint density at radius 2 is 2.17 bits per heavy atom. The summed E-state index contributed by atoms with van der Waals surface area (Å²) in [6, 6.07) is 4.35. The predicted octanol–water partition coefficient (Wildman–Crippen LogP) is 1.70. The van der Waals surface area contributed by atoms with E-state index in [2.05, 4.69) is 0 Å². The number of benzene rings is 1. The molecule has 0 aromatic heterocycles. The standard InChI is InChI=1S/C9H11FO2/c1-6-4-7(12)2-3-8(6)9(10)5-11/h2-4,9,11-12H,5H2,1H3. The van der Waals surface area contributed by atoms with E-state index in [-0.39, 0.29) is 5.75 Å². The van der Waals surface area contributed by atoms with Gasteiger partial charge in [0.1, 0.15) is 11.9 Å². The van der Waals surface area contributed by atoms with Crippen molar-refractivity contribution in [2.24, 2.45) is 0 Å². The number of aliphatic hydroxyl groups is 1. The van der Waals surface area contributed by atoms with Gasteiger partial charge in [0, 0.05) is 0 Å². The fourth-order valence-corrected chi connectivity index (χ4v) is 1.11. The number of aryl methyl sites for hydroxylation is 1. The van der Waals surface area contributed by atoms with Gasteiger partial charge in [-0.15, -0.1) is 0 Å². The summed E-state index contributed by atoms with van der Waals surface area (Å²) in [5.41, 5.74) is 1.08. The Morgan fingerprint density at radius 1 is 1.50 bits per heavy atom. The molecule has 0 radical (unpaired) electrons. The number of halogens is 1. The van der Waals surface area contributed by atoms with Crippen molar-refractivity contribution in [3.05, 3.63) is 29.3 Å². The molecule has 0 aliphatic rings. The van der Waals surface area contributed by atoms with Crippen LogP contribution in [-0.2, 0) is 0 Å². The third-order valence-corrected chi connectivity index (χ3v) is 1.75. The molecule has 12 heavy (non-hydrogen) atoms. The zero-order chi connectivity index (χ0) is 9.14. The molecular weight excluding hydrogens is 159 g/mol. The number of aliphatic hydroxyl groups excluding tert-OH is 1. The lowest BCUT2D eigenvalue weighted by molar-refractivity contribution is 0.179. The van der Waals surface area contributed by atoms with Crippen LogP contribution in [0.1, 0.15) is 17.3 Å². The van der Waals surface area contributed by atoms with Gasteiger partial charge in [-0.05, 0) is 30.2 Å². The van der Waals surface area contributed by atoms with Crippen molar-refractivity contribution in [2.75, 3.05) is 6.61 Å². The Kier molecular flexibility index (Phi) is 2.65. The summed E-state index contributed by atoms with van der Waals surface area (Å²) in [6.45, 7) is 1.17. The third kappa shape index (κ3) is 1.74. The van der Waals surface area contributed by atoms with E-state index < -0.39 is 12.8 Å². The molecule has 66 valence electrons. The van der Waals surface area contributed by atoms with Crippen LogP contribution in [0.25, 0.3) is 0 Å². The Bertz CT molecular complexity index is 273. The molecular formula is C9H11FO2. The first-order valence-electron chi connectivity index (χ1n) is 3.69. The molecule has 2 N–H and O–H groups in total. The molecule has 0 bridgehead atoms. The van der Waals surface area contributed by atoms with Crippen molar-refractivity contribution < 1.29 is 14.6 Å². The van der Waals surface area contributed by atoms with E-state index in [1.165, 1.54) is 18.2 Å². The van der Waals surface area contributed by atoms with Gasteiger partial charge in [-0.3, -0.25) is 0 Å². The minimum Gasteiger partial charge on any atom is -0.508 e. The molecule has 0 saturated carbocycles. The lowest BCUT2D eigenvalue weighted by Crippen LogP contribution is -1.99. The molecule has 3 heteroatoms. The molecule has 0 fully saturated rings. The summed E-state index contributed by atoms with van der Waals surface area (Å²) in [5, 5.41) is 17.6. The topological polar surface area (TPSA) is 40.5 Å². The molecule has 1 aromatic carbocycles. The van der Waals surface area contributed by atoms with Crippen molar-refractivity contribution in [3.63, 3.8) is 0 Å². The van der Waals surface area contributed by atoms with Gasteiger partial charge in [0.15, 0.2) is 0 Å². The number of phenolic OH excluding ortho intramolecular Hbond substituents is 1. The van der Waals surface area contributed by atoms with Crippen LogP contribution in [0.4, 0.5) is 4.39 Å². The first-order chi connectivity index (χ1) is 5.65. The summed E-state index contributed by atoms with van der Waals surface area (Å²) in [7, 11) is 0. The second-order valence-corrected chi connectivity index (χ2v) is 2.69. The SMILES string of the molecule is Cc1cc(O)ccc1C(F)CO. The average Bonchev–Trinajstić information content (AvgIpc) is 2.03. The molecule has 0 aliphatic carbocycles. The molecule has 2 nitrogen and oxygen atoms in total. The second-order valence-electron chi connectivity index (χ2n) is 2.69. The summed E-state index contributed by atoms with van der Waals surface area (Å²) in [4.78, 5) is 0. The number of rotatable bonds is 2. The van der Waals surface area contributed by atoms with Crippen LogP contribution >= 0.6 is 0 Å². The highest BCUT2D eigenvalue weighted by molar-refractivity contribution is 5.35. The number of alkyl halides is 1. The molecule has 0 saturated heterocycles. The summed E-state index contributed by atoms with van der Waals surface area (Å²) in [5.74, 6) is 0.112. The fourth-order valence-electron chi connectivity index (χ4n) is 1.11. The van der Waals surface area contributed by atoms with E-state index in [4.69, 9.17) is 10.2 Å². The number of hydrogen-bond acceptors (Lipinski definition) is 2. The van der Waals surface area contributed by atoms with Gasteiger partial charge in [-0.2, -0.15) is 0 Å². The Balaban J connectivity index is 3.01. The van der Waals surface area contributed by atoms with Crippen molar-refractivity contribution in [3.8, 4) is 5.75 Å². The van der Waals surface area contributed by atoms with E-state index in [9.17, 15) is 4.39 Å². The van der Waals surface area contributed by atoms with E-state index in [0.717, 1.165) is 0 Å². The highest BCUT2D eigenvalue weighted by Crippen LogP contribution is 2.23. The van der Waals surface area contributed by atoms with E-state index in [1.54, 1.807) is 6.92 Å². The van der Waals surface area contributed by atoms with Crippen LogP contribution in [0.5, 0.6) is 5.75 Å². The Labute approximate surface area is 70.3 Å². The van der Waals surface area contributed by atoms with Crippen molar-refractivity contribution >= 4 is 0 Å². The maximum atomic E-state index is 12.9. The summed E-state index contributed by atoms with van der Waals surface area (Å²) >= 11 is 0. The smallest absolute Gasteiger partial charge is 0.148 e. The number of hydrogen-bond donors (Lipinski definition) is 2. The average molecular weight is 170 g/mol. The number of aromatic hydroxyl groups is 1. The molecule has 0 heterocycles. The van der Waals surface area contributed by atoms with Gasteiger partial charge in [-0.1, -0.05) is 6.07 Å². The van der Waals surface area contributed by atoms with E-state index in [0.29, 0.717) is 11.1 Å². The van der Waals surface area contributed by atoms with Crippen LogP contribution in [0.3, 0.4) is 0 Å². The second kappa shape index (κ2) is 3.54. The molecule has 1 aromatic rings. The third-order valence-electron chi connectivity index (χ3n) is 1.75. The van der Waals surface area contributed by atoms with Crippen LogP contribution in [0.2, 0.25) is 0 Å².